The number of fused-ring (bicyclic) bond motifs is 1. The third kappa shape index (κ3) is 4.41. The van der Waals surface area contributed by atoms with Crippen molar-refractivity contribution in [2.45, 2.75) is 77.3 Å². The molecular formula is C19H29N5O3S. The average Bonchev–Trinajstić information content (AvgIpc) is 3.30. The quantitative estimate of drug-likeness (QED) is 0.532. The first-order valence-electron chi connectivity index (χ1n) is 9.96. The highest BCUT2D eigenvalue weighted by Gasteiger charge is 2.23. The number of ether oxygens (including phenoxy) is 1. The van der Waals surface area contributed by atoms with Crippen LogP contribution in [0.5, 0.6) is 0 Å². The molecule has 1 aliphatic heterocycles. The van der Waals surface area contributed by atoms with Crippen molar-refractivity contribution >= 4 is 28.7 Å². The summed E-state index contributed by atoms with van der Waals surface area (Å²) in [6, 6.07) is 0.127. The Labute approximate surface area is 169 Å². The highest BCUT2D eigenvalue weighted by molar-refractivity contribution is 7.99. The van der Waals surface area contributed by atoms with Gasteiger partial charge in [0.25, 0.3) is 5.56 Å². The van der Waals surface area contributed by atoms with Gasteiger partial charge in [0.05, 0.1) is 24.1 Å². The van der Waals surface area contributed by atoms with Gasteiger partial charge in [0.1, 0.15) is 5.52 Å². The van der Waals surface area contributed by atoms with Gasteiger partial charge in [-0.3, -0.25) is 18.8 Å². The highest BCUT2D eigenvalue weighted by Crippen LogP contribution is 2.22. The molecule has 1 fully saturated rings. The topological polar surface area (TPSA) is 91.0 Å². The summed E-state index contributed by atoms with van der Waals surface area (Å²) in [4.78, 5) is 30.2. The summed E-state index contributed by atoms with van der Waals surface area (Å²) < 4.78 is 9.10. The lowest BCUT2D eigenvalue weighted by Gasteiger charge is -2.16. The summed E-state index contributed by atoms with van der Waals surface area (Å²) in [7, 11) is 0. The van der Waals surface area contributed by atoms with Crippen molar-refractivity contribution < 1.29 is 9.53 Å². The van der Waals surface area contributed by atoms with Gasteiger partial charge in [0, 0.05) is 19.2 Å². The normalized spacial score (nSPS) is 17.9. The van der Waals surface area contributed by atoms with E-state index in [2.05, 4.69) is 10.4 Å². The van der Waals surface area contributed by atoms with Gasteiger partial charge in [-0.1, -0.05) is 18.7 Å². The number of nitrogens with zero attached hydrogens (tertiary/aromatic N) is 4. The summed E-state index contributed by atoms with van der Waals surface area (Å²) in [5, 5.41) is 7.95. The minimum Gasteiger partial charge on any atom is -0.376 e. The molecule has 154 valence electrons. The zero-order valence-corrected chi connectivity index (χ0v) is 17.8. The lowest BCUT2D eigenvalue weighted by atomic mass is 10.2. The second-order valence-corrected chi connectivity index (χ2v) is 8.15. The van der Waals surface area contributed by atoms with Gasteiger partial charge in [-0.15, -0.1) is 0 Å². The van der Waals surface area contributed by atoms with Gasteiger partial charge >= 0.3 is 0 Å². The van der Waals surface area contributed by atoms with Crippen LogP contribution in [-0.2, 0) is 22.6 Å². The molecule has 28 heavy (non-hydrogen) atoms. The molecule has 1 amide bonds. The number of rotatable bonds is 8. The maximum Gasteiger partial charge on any atom is 0.280 e. The molecule has 0 saturated carbocycles. The number of thioether (sulfide) groups is 1. The zero-order valence-electron chi connectivity index (χ0n) is 17.0. The minimum atomic E-state index is -0.118. The first kappa shape index (κ1) is 20.9. The maximum atomic E-state index is 13.3. The van der Waals surface area contributed by atoms with E-state index in [-0.39, 0.29) is 29.4 Å². The van der Waals surface area contributed by atoms with Crippen molar-refractivity contribution in [3.8, 4) is 0 Å². The number of nitrogens with one attached hydrogen (secondary N) is 1. The van der Waals surface area contributed by atoms with E-state index in [1.165, 1.54) is 11.8 Å². The molecule has 0 spiro atoms. The number of amides is 1. The van der Waals surface area contributed by atoms with Crippen LogP contribution >= 0.6 is 11.8 Å². The van der Waals surface area contributed by atoms with Crippen LogP contribution in [0.25, 0.3) is 11.0 Å². The summed E-state index contributed by atoms with van der Waals surface area (Å²) >= 11 is 1.29. The van der Waals surface area contributed by atoms with Gasteiger partial charge in [-0.05, 0) is 40.0 Å². The van der Waals surface area contributed by atoms with Crippen molar-refractivity contribution in [2.24, 2.45) is 0 Å². The third-order valence-corrected chi connectivity index (χ3v) is 6.02. The van der Waals surface area contributed by atoms with E-state index in [4.69, 9.17) is 9.72 Å². The van der Waals surface area contributed by atoms with Gasteiger partial charge < -0.3 is 10.1 Å². The monoisotopic (exact) mass is 407 g/mol. The fraction of sp³-hybridized carbons (Fsp3) is 0.684. The Kier molecular flexibility index (Phi) is 6.77. The van der Waals surface area contributed by atoms with Crippen LogP contribution in [0, 0.1) is 6.92 Å². The first-order valence-corrected chi connectivity index (χ1v) is 10.9. The number of carbonyl (C=O) groups is 1. The van der Waals surface area contributed by atoms with Crippen molar-refractivity contribution in [3.63, 3.8) is 0 Å². The third-order valence-electron chi connectivity index (χ3n) is 5.04. The minimum absolute atomic E-state index is 0.00401. The molecule has 2 aromatic heterocycles. The molecule has 1 aliphatic rings. The molecule has 8 nitrogen and oxygen atoms in total. The zero-order chi connectivity index (χ0) is 20.3. The molecule has 0 bridgehead atoms. The number of aromatic nitrogens is 4. The van der Waals surface area contributed by atoms with E-state index in [1.54, 1.807) is 9.25 Å². The fourth-order valence-electron chi connectivity index (χ4n) is 3.33. The molecule has 2 aromatic rings. The Morgan fingerprint density at radius 2 is 2.21 bits per heavy atom. The first-order chi connectivity index (χ1) is 13.4. The number of hydrogen-bond donors (Lipinski definition) is 1. The molecular weight excluding hydrogens is 378 g/mol. The van der Waals surface area contributed by atoms with E-state index in [0.29, 0.717) is 29.3 Å². The molecule has 0 aliphatic carbocycles. The molecule has 0 aromatic carbocycles. The Hall–Kier alpha value is -1.87. The van der Waals surface area contributed by atoms with E-state index in [9.17, 15) is 9.59 Å². The van der Waals surface area contributed by atoms with E-state index < -0.39 is 0 Å². The summed E-state index contributed by atoms with van der Waals surface area (Å²) in [5.41, 5.74) is 1.74. The lowest BCUT2D eigenvalue weighted by Crippen LogP contribution is -2.34. The van der Waals surface area contributed by atoms with Crippen LogP contribution in [0.15, 0.2) is 9.95 Å². The predicted octanol–water partition coefficient (Wildman–Crippen LogP) is 2.11. The van der Waals surface area contributed by atoms with Gasteiger partial charge in [0.15, 0.2) is 10.7 Å². The van der Waals surface area contributed by atoms with Crippen LogP contribution in [0.4, 0.5) is 0 Å². The summed E-state index contributed by atoms with van der Waals surface area (Å²) in [6.45, 7) is 9.59. The SMILES string of the molecule is CCC(C)NC(=O)CSc1nc2c(C)nn(CC)c2c(=O)n1CC1CCCO1. The molecule has 9 heteroatoms. The summed E-state index contributed by atoms with van der Waals surface area (Å²) in [6.07, 6.45) is 2.81. The largest absolute Gasteiger partial charge is 0.376 e. The standard InChI is InChI=1S/C19H29N5O3S/c1-5-12(3)20-15(25)11-28-19-21-16-13(4)22-24(6-2)17(16)18(26)23(19)10-14-8-7-9-27-14/h12,14H,5-11H2,1-4H3,(H,20,25). The molecule has 2 atom stereocenters. The number of carbonyl (C=O) groups excluding carboxylic acids is 1. The number of aryl methyl sites for hydroxylation is 2. The maximum absolute atomic E-state index is 13.3. The molecule has 2 unspecified atom stereocenters. The van der Waals surface area contributed by atoms with Crippen LogP contribution in [-0.4, -0.2) is 49.7 Å². The van der Waals surface area contributed by atoms with Gasteiger partial charge in [0.2, 0.25) is 5.91 Å². The second kappa shape index (κ2) is 9.09. The summed E-state index contributed by atoms with van der Waals surface area (Å²) in [5.74, 6) is 0.160. The van der Waals surface area contributed by atoms with Crippen molar-refractivity contribution in [3.05, 3.63) is 16.0 Å². The van der Waals surface area contributed by atoms with Crippen LogP contribution < -0.4 is 10.9 Å². The Morgan fingerprint density at radius 3 is 2.86 bits per heavy atom. The predicted molar refractivity (Wildman–Crippen MR) is 110 cm³/mol. The van der Waals surface area contributed by atoms with E-state index in [1.807, 2.05) is 27.7 Å². The molecule has 0 radical (unpaired) electrons. The van der Waals surface area contributed by atoms with Gasteiger partial charge in [-0.2, -0.15) is 5.10 Å². The lowest BCUT2D eigenvalue weighted by molar-refractivity contribution is -0.119. The Bertz CT molecular complexity index is 901. The van der Waals surface area contributed by atoms with Crippen LogP contribution in [0.2, 0.25) is 0 Å². The molecule has 3 rings (SSSR count). The Balaban J connectivity index is 1.95. The Morgan fingerprint density at radius 1 is 1.43 bits per heavy atom. The van der Waals surface area contributed by atoms with E-state index in [0.717, 1.165) is 31.6 Å². The van der Waals surface area contributed by atoms with Gasteiger partial charge in [-0.25, -0.2) is 4.98 Å². The molecule has 1 saturated heterocycles. The smallest absolute Gasteiger partial charge is 0.280 e. The average molecular weight is 408 g/mol. The number of hydrogen-bond acceptors (Lipinski definition) is 6. The van der Waals surface area contributed by atoms with E-state index >= 15 is 0 Å². The van der Waals surface area contributed by atoms with Crippen molar-refractivity contribution in [2.75, 3.05) is 12.4 Å². The fourth-order valence-corrected chi connectivity index (χ4v) is 4.14. The van der Waals surface area contributed by atoms with Crippen molar-refractivity contribution in [1.29, 1.82) is 0 Å². The van der Waals surface area contributed by atoms with Crippen LogP contribution in [0.1, 0.15) is 45.7 Å². The van der Waals surface area contributed by atoms with Crippen LogP contribution in [0.3, 0.4) is 0 Å². The second-order valence-electron chi connectivity index (χ2n) is 7.21. The highest BCUT2D eigenvalue weighted by atomic mass is 32.2. The molecule has 3 heterocycles. The van der Waals surface area contributed by atoms with Crippen molar-refractivity contribution in [1.82, 2.24) is 24.6 Å². The molecule has 1 N–H and O–H groups in total.